The zero-order chi connectivity index (χ0) is 12.7. The molecular weight excluding hydrogens is 304 g/mol. The van der Waals surface area contributed by atoms with Crippen LogP contribution in [0.5, 0.6) is 0 Å². The van der Waals surface area contributed by atoms with Gasteiger partial charge in [0, 0.05) is 18.3 Å². The summed E-state index contributed by atoms with van der Waals surface area (Å²) in [5.41, 5.74) is 0.888. The molecule has 0 saturated heterocycles. The first-order valence-corrected chi connectivity index (χ1v) is 7.35. The molecule has 94 valence electrons. The number of benzene rings is 1. The Kier molecular flexibility index (Phi) is 6.36. The third kappa shape index (κ3) is 4.95. The largest absolute Gasteiger partial charge is 0.385 e. The molecule has 1 aromatic carbocycles. The number of anilines is 1. The maximum atomic E-state index is 10.7. The van der Waals surface area contributed by atoms with Crippen molar-refractivity contribution in [2.75, 3.05) is 23.4 Å². The maximum Gasteiger partial charge on any atom is 0.285 e. The second-order valence-corrected chi connectivity index (χ2v) is 5.65. The van der Waals surface area contributed by atoms with E-state index in [1.807, 2.05) is 17.8 Å². The highest BCUT2D eigenvalue weighted by Gasteiger charge is 2.11. The van der Waals surface area contributed by atoms with Crippen LogP contribution in [0.1, 0.15) is 13.3 Å². The highest BCUT2D eigenvalue weighted by molar-refractivity contribution is 9.10. The van der Waals surface area contributed by atoms with Crippen LogP contribution >= 0.6 is 27.7 Å². The second kappa shape index (κ2) is 7.55. The Balaban J connectivity index is 2.49. The lowest BCUT2D eigenvalue weighted by molar-refractivity contribution is -0.385. The molecule has 0 heterocycles. The van der Waals surface area contributed by atoms with E-state index < -0.39 is 0 Å². The molecule has 0 aliphatic heterocycles. The van der Waals surface area contributed by atoms with Crippen LogP contribution in [0.15, 0.2) is 22.7 Å². The number of rotatable bonds is 7. The van der Waals surface area contributed by atoms with Crippen LogP contribution in [-0.4, -0.2) is 23.0 Å². The van der Waals surface area contributed by atoms with Crippen LogP contribution in [0.2, 0.25) is 0 Å². The van der Waals surface area contributed by atoms with Gasteiger partial charge in [-0.2, -0.15) is 11.8 Å². The molecule has 0 unspecified atom stereocenters. The van der Waals surface area contributed by atoms with Crippen molar-refractivity contribution in [3.63, 3.8) is 0 Å². The van der Waals surface area contributed by atoms with Crippen molar-refractivity contribution < 1.29 is 4.92 Å². The van der Waals surface area contributed by atoms with E-state index in [1.54, 1.807) is 12.1 Å². The van der Waals surface area contributed by atoms with E-state index in [4.69, 9.17) is 0 Å². The van der Waals surface area contributed by atoms with Gasteiger partial charge < -0.3 is 5.32 Å². The fraction of sp³-hybridized carbons (Fsp3) is 0.455. The highest BCUT2D eigenvalue weighted by atomic mass is 79.9. The van der Waals surface area contributed by atoms with E-state index in [9.17, 15) is 10.1 Å². The minimum absolute atomic E-state index is 0.0953. The summed E-state index contributed by atoms with van der Waals surface area (Å²) in [7, 11) is 0. The van der Waals surface area contributed by atoms with E-state index in [0.29, 0.717) is 4.47 Å². The van der Waals surface area contributed by atoms with E-state index in [-0.39, 0.29) is 10.6 Å². The SMILES string of the molecule is CCSCCCNc1ccc(Br)c([N+](=O)[O-])c1. The molecule has 0 fully saturated rings. The number of hydrogen-bond acceptors (Lipinski definition) is 4. The fourth-order valence-electron chi connectivity index (χ4n) is 1.31. The standard InChI is InChI=1S/C11H15BrN2O2S/c1-2-17-7-3-6-13-9-4-5-10(12)11(8-9)14(15)16/h4-5,8,13H,2-3,6-7H2,1H3. The van der Waals surface area contributed by atoms with Gasteiger partial charge in [0.25, 0.3) is 5.69 Å². The first-order chi connectivity index (χ1) is 8.15. The van der Waals surface area contributed by atoms with Crippen LogP contribution < -0.4 is 5.32 Å². The summed E-state index contributed by atoms with van der Waals surface area (Å²) in [5.74, 6) is 2.24. The Morgan fingerprint density at radius 3 is 2.94 bits per heavy atom. The molecule has 17 heavy (non-hydrogen) atoms. The van der Waals surface area contributed by atoms with Crippen molar-refractivity contribution in [2.24, 2.45) is 0 Å². The fourth-order valence-corrected chi connectivity index (χ4v) is 2.34. The number of nitrogens with zero attached hydrogens (tertiary/aromatic N) is 1. The Bertz CT molecular complexity index is 388. The lowest BCUT2D eigenvalue weighted by Crippen LogP contribution is -2.03. The summed E-state index contributed by atoms with van der Waals surface area (Å²) >= 11 is 5.06. The third-order valence-corrected chi connectivity index (χ3v) is 3.80. The van der Waals surface area contributed by atoms with E-state index in [2.05, 4.69) is 28.2 Å². The monoisotopic (exact) mass is 318 g/mol. The Morgan fingerprint density at radius 1 is 1.53 bits per heavy atom. The molecule has 6 heteroatoms. The average Bonchev–Trinajstić information content (AvgIpc) is 2.30. The van der Waals surface area contributed by atoms with Gasteiger partial charge >= 0.3 is 0 Å². The zero-order valence-electron chi connectivity index (χ0n) is 9.61. The summed E-state index contributed by atoms with van der Waals surface area (Å²) in [5, 5.41) is 13.9. The van der Waals surface area contributed by atoms with E-state index in [0.717, 1.165) is 30.2 Å². The number of nitrogens with one attached hydrogen (secondary N) is 1. The normalized spacial score (nSPS) is 10.2. The Labute approximate surface area is 113 Å². The highest BCUT2D eigenvalue weighted by Crippen LogP contribution is 2.27. The molecule has 0 atom stereocenters. The quantitative estimate of drug-likeness (QED) is 0.470. The van der Waals surface area contributed by atoms with Gasteiger partial charge in [-0.15, -0.1) is 0 Å². The lowest BCUT2D eigenvalue weighted by atomic mass is 10.3. The predicted molar refractivity (Wildman–Crippen MR) is 76.9 cm³/mol. The second-order valence-electron chi connectivity index (χ2n) is 3.40. The molecule has 0 aromatic heterocycles. The molecule has 0 saturated carbocycles. The molecule has 0 amide bonds. The number of halogens is 1. The smallest absolute Gasteiger partial charge is 0.285 e. The van der Waals surface area contributed by atoms with E-state index >= 15 is 0 Å². The predicted octanol–water partition coefficient (Wildman–Crippen LogP) is 3.91. The number of hydrogen-bond donors (Lipinski definition) is 1. The molecule has 0 bridgehead atoms. The van der Waals surface area contributed by atoms with Crippen LogP contribution in [0, 0.1) is 10.1 Å². The molecule has 1 N–H and O–H groups in total. The van der Waals surface area contributed by atoms with Crippen molar-refractivity contribution in [2.45, 2.75) is 13.3 Å². The van der Waals surface area contributed by atoms with Gasteiger partial charge in [-0.05, 0) is 46.0 Å². The molecule has 1 rings (SSSR count). The van der Waals surface area contributed by atoms with Gasteiger partial charge in [0.1, 0.15) is 0 Å². The van der Waals surface area contributed by atoms with Crippen molar-refractivity contribution >= 4 is 39.1 Å². The summed E-state index contributed by atoms with van der Waals surface area (Å²) in [6.07, 6.45) is 1.06. The van der Waals surface area contributed by atoms with Gasteiger partial charge in [0.2, 0.25) is 0 Å². The molecule has 0 aliphatic rings. The zero-order valence-corrected chi connectivity index (χ0v) is 12.0. The number of thioether (sulfide) groups is 1. The Hall–Kier alpha value is -0.750. The van der Waals surface area contributed by atoms with Crippen molar-refractivity contribution in [1.82, 2.24) is 0 Å². The minimum atomic E-state index is -0.387. The molecule has 4 nitrogen and oxygen atoms in total. The molecule has 1 aromatic rings. The van der Waals surface area contributed by atoms with Crippen LogP contribution in [0.3, 0.4) is 0 Å². The molecule has 0 radical (unpaired) electrons. The number of nitro groups is 1. The topological polar surface area (TPSA) is 55.2 Å². The van der Waals surface area contributed by atoms with Gasteiger partial charge in [0.15, 0.2) is 0 Å². The minimum Gasteiger partial charge on any atom is -0.385 e. The van der Waals surface area contributed by atoms with Gasteiger partial charge in [-0.25, -0.2) is 0 Å². The van der Waals surface area contributed by atoms with Crippen molar-refractivity contribution in [1.29, 1.82) is 0 Å². The van der Waals surface area contributed by atoms with E-state index in [1.165, 1.54) is 0 Å². The third-order valence-electron chi connectivity index (χ3n) is 2.14. The van der Waals surface area contributed by atoms with Crippen molar-refractivity contribution in [3.05, 3.63) is 32.8 Å². The van der Waals surface area contributed by atoms with Crippen LogP contribution in [0.4, 0.5) is 11.4 Å². The first kappa shape index (κ1) is 14.3. The maximum absolute atomic E-state index is 10.7. The lowest BCUT2D eigenvalue weighted by Gasteiger charge is -2.06. The summed E-state index contributed by atoms with van der Waals surface area (Å²) < 4.78 is 0.509. The Morgan fingerprint density at radius 2 is 2.29 bits per heavy atom. The summed E-state index contributed by atoms with van der Waals surface area (Å²) in [6.45, 7) is 2.97. The van der Waals surface area contributed by atoms with Crippen LogP contribution in [0.25, 0.3) is 0 Å². The summed E-state index contributed by atoms with van der Waals surface area (Å²) in [6, 6.07) is 5.09. The molecular formula is C11H15BrN2O2S. The van der Waals surface area contributed by atoms with Gasteiger partial charge in [0.05, 0.1) is 9.40 Å². The van der Waals surface area contributed by atoms with Gasteiger partial charge in [-0.1, -0.05) is 6.92 Å². The first-order valence-electron chi connectivity index (χ1n) is 5.40. The molecule has 0 aliphatic carbocycles. The van der Waals surface area contributed by atoms with Crippen LogP contribution in [-0.2, 0) is 0 Å². The van der Waals surface area contributed by atoms with Gasteiger partial charge in [-0.3, -0.25) is 10.1 Å². The van der Waals surface area contributed by atoms with Crippen molar-refractivity contribution in [3.8, 4) is 0 Å². The summed E-state index contributed by atoms with van der Waals surface area (Å²) in [4.78, 5) is 10.3. The number of nitro benzene ring substituents is 1. The average molecular weight is 319 g/mol. The molecule has 0 spiro atoms.